The van der Waals surface area contributed by atoms with Gasteiger partial charge in [-0.3, -0.25) is 0 Å². The first-order valence-electron chi connectivity index (χ1n) is 10.9. The molecule has 4 aromatic rings. The lowest BCUT2D eigenvalue weighted by molar-refractivity contribution is -0.0191. The minimum Gasteiger partial charge on any atom is -0.464 e. The van der Waals surface area contributed by atoms with Crippen LogP contribution in [0.2, 0.25) is 0 Å². The summed E-state index contributed by atoms with van der Waals surface area (Å²) in [5.41, 5.74) is 4.37. The zero-order valence-corrected chi connectivity index (χ0v) is 19.4. The standard InChI is InChI=1S/C28H21BrN2O2/c29-21-15-13-19(14-16-21)25-18-26-24-11-4-5-12-27(24)33-28(31(26)30-25)20-7-6-10-23(17-20)32-22-8-2-1-3-9-22/h1-17,26,28H,18H2/t26-,28-/m1/s1. The van der Waals surface area contributed by atoms with E-state index in [1.54, 1.807) is 0 Å². The van der Waals surface area contributed by atoms with Gasteiger partial charge in [-0.2, -0.15) is 5.10 Å². The number of ether oxygens (including phenoxy) is 2. The Kier molecular flexibility index (Phi) is 5.11. The number of rotatable bonds is 4. The molecule has 0 N–H and O–H groups in total. The third-order valence-electron chi connectivity index (χ3n) is 6.00. The molecule has 6 rings (SSSR count). The molecule has 0 saturated heterocycles. The maximum atomic E-state index is 6.50. The Morgan fingerprint density at radius 2 is 1.58 bits per heavy atom. The van der Waals surface area contributed by atoms with Crippen LogP contribution in [-0.4, -0.2) is 10.7 Å². The Morgan fingerprint density at radius 1 is 0.818 bits per heavy atom. The second-order valence-electron chi connectivity index (χ2n) is 8.15. The molecular formula is C28H21BrN2O2. The van der Waals surface area contributed by atoms with Crippen molar-refractivity contribution in [3.8, 4) is 17.2 Å². The SMILES string of the molecule is Brc1ccc(C2=NN3[C@H](C2)c2ccccc2O[C@@H]3c2cccc(Oc3ccccc3)c2)cc1. The van der Waals surface area contributed by atoms with Gasteiger partial charge in [0.25, 0.3) is 0 Å². The smallest absolute Gasteiger partial charge is 0.214 e. The molecule has 0 amide bonds. The summed E-state index contributed by atoms with van der Waals surface area (Å²) in [5, 5.41) is 7.15. The van der Waals surface area contributed by atoms with Crippen LogP contribution in [0, 0.1) is 0 Å². The number of benzene rings is 4. The third kappa shape index (κ3) is 3.89. The highest BCUT2D eigenvalue weighted by Crippen LogP contribution is 2.47. The van der Waals surface area contributed by atoms with E-state index >= 15 is 0 Å². The van der Waals surface area contributed by atoms with Gasteiger partial charge >= 0.3 is 0 Å². The van der Waals surface area contributed by atoms with Crippen molar-refractivity contribution in [1.82, 2.24) is 5.01 Å². The predicted octanol–water partition coefficient (Wildman–Crippen LogP) is 7.48. The molecule has 2 atom stereocenters. The lowest BCUT2D eigenvalue weighted by atomic mass is 9.96. The van der Waals surface area contributed by atoms with Crippen molar-refractivity contribution in [2.75, 3.05) is 0 Å². The van der Waals surface area contributed by atoms with E-state index in [2.05, 4.69) is 63.4 Å². The molecule has 5 heteroatoms. The van der Waals surface area contributed by atoms with Crippen LogP contribution in [-0.2, 0) is 0 Å². The van der Waals surface area contributed by atoms with Gasteiger partial charge in [-0.1, -0.05) is 76.6 Å². The highest BCUT2D eigenvalue weighted by molar-refractivity contribution is 9.10. The minimum absolute atomic E-state index is 0.122. The van der Waals surface area contributed by atoms with Crippen LogP contribution in [0.4, 0.5) is 0 Å². The first kappa shape index (κ1) is 20.1. The molecule has 0 aromatic heterocycles. The van der Waals surface area contributed by atoms with Crippen LogP contribution in [0.15, 0.2) is 113 Å². The van der Waals surface area contributed by atoms with Crippen LogP contribution >= 0.6 is 15.9 Å². The van der Waals surface area contributed by atoms with Gasteiger partial charge in [0.15, 0.2) is 0 Å². The average molecular weight is 497 g/mol. The Balaban J connectivity index is 1.37. The summed E-state index contributed by atoms with van der Waals surface area (Å²) in [6, 6.07) is 34.6. The van der Waals surface area contributed by atoms with Gasteiger partial charge in [0.05, 0.1) is 11.8 Å². The lowest BCUT2D eigenvalue weighted by Crippen LogP contribution is -2.33. The Labute approximate surface area is 201 Å². The number of hydrogen-bond donors (Lipinski definition) is 0. The number of halogens is 1. The van der Waals surface area contributed by atoms with Gasteiger partial charge in [-0.15, -0.1) is 0 Å². The first-order chi connectivity index (χ1) is 16.2. The average Bonchev–Trinajstić information content (AvgIpc) is 3.31. The second-order valence-corrected chi connectivity index (χ2v) is 9.06. The van der Waals surface area contributed by atoms with Crippen LogP contribution in [0.1, 0.15) is 35.4 Å². The minimum atomic E-state index is -0.336. The molecule has 0 spiro atoms. The molecule has 2 heterocycles. The Hall–Kier alpha value is -3.57. The molecule has 0 saturated carbocycles. The topological polar surface area (TPSA) is 34.1 Å². The molecular weight excluding hydrogens is 476 g/mol. The summed E-state index contributed by atoms with van der Waals surface area (Å²) in [6.45, 7) is 0. The van der Waals surface area contributed by atoms with Gasteiger partial charge in [0, 0.05) is 22.0 Å². The molecule has 2 aliphatic heterocycles. The normalized spacial score (nSPS) is 18.7. The summed E-state index contributed by atoms with van der Waals surface area (Å²) < 4.78 is 13.6. The van der Waals surface area contributed by atoms with Crippen molar-refractivity contribution in [2.45, 2.75) is 18.7 Å². The molecule has 33 heavy (non-hydrogen) atoms. The van der Waals surface area contributed by atoms with Crippen LogP contribution in [0.25, 0.3) is 0 Å². The van der Waals surface area contributed by atoms with E-state index < -0.39 is 0 Å². The quantitative estimate of drug-likeness (QED) is 0.293. The number of fused-ring (bicyclic) bond motifs is 3. The maximum Gasteiger partial charge on any atom is 0.214 e. The number of hydrogen-bond acceptors (Lipinski definition) is 4. The van der Waals surface area contributed by atoms with Crippen molar-refractivity contribution in [3.05, 3.63) is 124 Å². The third-order valence-corrected chi connectivity index (χ3v) is 6.53. The van der Waals surface area contributed by atoms with E-state index in [1.165, 1.54) is 5.56 Å². The Morgan fingerprint density at radius 3 is 2.42 bits per heavy atom. The monoisotopic (exact) mass is 496 g/mol. The molecule has 0 fully saturated rings. The van der Waals surface area contributed by atoms with Gasteiger partial charge in [-0.05, 0) is 48.0 Å². The summed E-state index contributed by atoms with van der Waals surface area (Å²) in [5.74, 6) is 2.48. The molecule has 0 radical (unpaired) electrons. The summed E-state index contributed by atoms with van der Waals surface area (Å²) in [6.07, 6.45) is 0.496. The van der Waals surface area contributed by atoms with Crippen molar-refractivity contribution < 1.29 is 9.47 Å². The van der Waals surface area contributed by atoms with Crippen LogP contribution in [0.3, 0.4) is 0 Å². The van der Waals surface area contributed by atoms with Crippen molar-refractivity contribution in [3.63, 3.8) is 0 Å². The molecule has 0 bridgehead atoms. The van der Waals surface area contributed by atoms with Crippen LogP contribution in [0.5, 0.6) is 17.2 Å². The lowest BCUT2D eigenvalue weighted by Gasteiger charge is -2.38. The fourth-order valence-corrected chi connectivity index (χ4v) is 4.69. The summed E-state index contributed by atoms with van der Waals surface area (Å²) in [4.78, 5) is 0. The highest BCUT2D eigenvalue weighted by atomic mass is 79.9. The number of para-hydroxylation sites is 2. The largest absolute Gasteiger partial charge is 0.464 e. The molecule has 0 aliphatic carbocycles. The first-order valence-corrected chi connectivity index (χ1v) is 11.7. The summed E-state index contributed by atoms with van der Waals surface area (Å²) >= 11 is 3.52. The molecule has 162 valence electrons. The van der Waals surface area contributed by atoms with Gasteiger partial charge in [0.1, 0.15) is 17.2 Å². The van der Waals surface area contributed by atoms with Gasteiger partial charge in [0.2, 0.25) is 6.23 Å². The molecule has 4 aromatic carbocycles. The number of hydrazone groups is 1. The maximum absolute atomic E-state index is 6.50. The number of nitrogens with zero attached hydrogens (tertiary/aromatic N) is 2. The van der Waals surface area contributed by atoms with E-state index in [0.29, 0.717) is 0 Å². The molecule has 0 unspecified atom stereocenters. The zero-order chi connectivity index (χ0) is 22.2. The van der Waals surface area contributed by atoms with Gasteiger partial charge < -0.3 is 9.47 Å². The van der Waals surface area contributed by atoms with Crippen molar-refractivity contribution in [2.24, 2.45) is 5.10 Å². The second kappa shape index (κ2) is 8.41. The van der Waals surface area contributed by atoms with Crippen molar-refractivity contribution >= 4 is 21.6 Å². The van der Waals surface area contributed by atoms with Crippen LogP contribution < -0.4 is 9.47 Å². The predicted molar refractivity (Wildman–Crippen MR) is 133 cm³/mol. The fraction of sp³-hybridized carbons (Fsp3) is 0.107. The van der Waals surface area contributed by atoms with Gasteiger partial charge in [-0.25, -0.2) is 5.01 Å². The van der Waals surface area contributed by atoms with E-state index in [1.807, 2.05) is 60.7 Å². The van der Waals surface area contributed by atoms with E-state index in [-0.39, 0.29) is 12.3 Å². The summed E-state index contributed by atoms with van der Waals surface area (Å²) in [7, 11) is 0. The highest BCUT2D eigenvalue weighted by Gasteiger charge is 2.40. The Bertz CT molecular complexity index is 1320. The molecule has 2 aliphatic rings. The molecule has 4 nitrogen and oxygen atoms in total. The fourth-order valence-electron chi connectivity index (χ4n) is 4.43. The van der Waals surface area contributed by atoms with E-state index in [9.17, 15) is 0 Å². The van der Waals surface area contributed by atoms with E-state index in [0.717, 1.165) is 45.0 Å². The van der Waals surface area contributed by atoms with E-state index in [4.69, 9.17) is 14.6 Å². The van der Waals surface area contributed by atoms with Crippen molar-refractivity contribution in [1.29, 1.82) is 0 Å². The zero-order valence-electron chi connectivity index (χ0n) is 17.8.